The van der Waals surface area contributed by atoms with Crippen molar-refractivity contribution in [3.05, 3.63) is 29.5 Å². The third kappa shape index (κ3) is 2.38. The normalized spacial score (nSPS) is 23.7. The summed E-state index contributed by atoms with van der Waals surface area (Å²) in [5.74, 6) is 1.52. The maximum atomic E-state index is 13.2. The number of nitrogens with zero attached hydrogens (tertiary/aromatic N) is 3. The highest BCUT2D eigenvalue weighted by atomic mass is 16.5. The van der Waals surface area contributed by atoms with Crippen LogP contribution >= 0.6 is 0 Å². The molecule has 3 fully saturated rings. The summed E-state index contributed by atoms with van der Waals surface area (Å²) in [6, 6.07) is 6.03. The Morgan fingerprint density at radius 1 is 1.27 bits per heavy atom. The minimum Gasteiger partial charge on any atom is -0.497 e. The van der Waals surface area contributed by atoms with Gasteiger partial charge in [-0.2, -0.15) is 5.10 Å². The molecule has 3 saturated heterocycles. The minimum atomic E-state index is 0.0248. The largest absolute Gasteiger partial charge is 0.497 e. The highest BCUT2D eigenvalue weighted by Gasteiger charge is 2.35. The number of carbonyl (C=O) groups is 1. The van der Waals surface area contributed by atoms with Gasteiger partial charge in [-0.1, -0.05) is 0 Å². The van der Waals surface area contributed by atoms with E-state index < -0.39 is 0 Å². The van der Waals surface area contributed by atoms with Crippen molar-refractivity contribution in [1.29, 1.82) is 0 Å². The lowest BCUT2D eigenvalue weighted by molar-refractivity contribution is 0.0676. The molecule has 5 heterocycles. The van der Waals surface area contributed by atoms with E-state index in [1.54, 1.807) is 7.11 Å². The molecule has 4 aliphatic heterocycles. The first kappa shape index (κ1) is 15.7. The highest BCUT2D eigenvalue weighted by molar-refractivity contribution is 5.96. The second-order valence-electron chi connectivity index (χ2n) is 7.15. The van der Waals surface area contributed by atoms with Crippen LogP contribution in [0.1, 0.15) is 28.9 Å². The van der Waals surface area contributed by atoms with Gasteiger partial charge in [0.25, 0.3) is 5.91 Å². The van der Waals surface area contributed by atoms with E-state index in [0.29, 0.717) is 18.3 Å². The highest BCUT2D eigenvalue weighted by Crippen LogP contribution is 2.39. The van der Waals surface area contributed by atoms with Gasteiger partial charge in [0.05, 0.1) is 12.8 Å². The summed E-state index contributed by atoms with van der Waals surface area (Å²) >= 11 is 0. The second-order valence-corrected chi connectivity index (χ2v) is 7.15. The number of methoxy groups -OCH3 is 1. The van der Waals surface area contributed by atoms with Crippen LogP contribution < -0.4 is 9.47 Å². The number of hydrogen-bond acceptors (Lipinski definition) is 5. The van der Waals surface area contributed by atoms with E-state index in [1.807, 2.05) is 23.1 Å². The van der Waals surface area contributed by atoms with Crippen LogP contribution in [0.25, 0.3) is 11.3 Å². The molecule has 0 atom stereocenters. The van der Waals surface area contributed by atoms with Crippen molar-refractivity contribution in [2.45, 2.75) is 25.5 Å². The average molecular weight is 354 g/mol. The van der Waals surface area contributed by atoms with Crippen LogP contribution in [0.3, 0.4) is 0 Å². The lowest BCUT2D eigenvalue weighted by Crippen LogP contribution is -2.42. The van der Waals surface area contributed by atoms with Crippen LogP contribution in [0.15, 0.2) is 18.2 Å². The molecule has 4 aliphatic rings. The van der Waals surface area contributed by atoms with Gasteiger partial charge in [-0.05, 0) is 25.0 Å². The Labute approximate surface area is 151 Å². The van der Waals surface area contributed by atoms with Gasteiger partial charge in [-0.3, -0.25) is 9.89 Å². The SMILES string of the molecule is COc1ccc2c(c1)OCc1c(C(=O)N3CCN4CCC3CC4)n[nH]c1-2. The quantitative estimate of drug-likeness (QED) is 0.892. The zero-order valence-corrected chi connectivity index (χ0v) is 14.8. The number of H-pyrrole nitrogens is 1. The number of carbonyl (C=O) groups excluding carboxylic acids is 1. The summed E-state index contributed by atoms with van der Waals surface area (Å²) in [4.78, 5) is 17.7. The number of benzene rings is 1. The Balaban J connectivity index is 1.48. The van der Waals surface area contributed by atoms with Crippen LogP contribution in [0, 0.1) is 0 Å². The first-order valence-corrected chi connectivity index (χ1v) is 9.16. The minimum absolute atomic E-state index is 0.0248. The Morgan fingerprint density at radius 2 is 2.12 bits per heavy atom. The van der Waals surface area contributed by atoms with Gasteiger partial charge in [-0.25, -0.2) is 0 Å². The van der Waals surface area contributed by atoms with E-state index in [4.69, 9.17) is 9.47 Å². The van der Waals surface area contributed by atoms with Gasteiger partial charge in [0, 0.05) is 49.4 Å². The van der Waals surface area contributed by atoms with Crippen molar-refractivity contribution in [1.82, 2.24) is 20.0 Å². The summed E-state index contributed by atoms with van der Waals surface area (Å²) < 4.78 is 11.2. The van der Waals surface area contributed by atoms with Crippen molar-refractivity contribution < 1.29 is 14.3 Å². The number of nitrogens with one attached hydrogen (secondary N) is 1. The van der Waals surface area contributed by atoms with Gasteiger partial charge >= 0.3 is 0 Å². The molecular weight excluding hydrogens is 332 g/mol. The number of amides is 1. The predicted octanol–water partition coefficient (Wildman–Crippen LogP) is 1.90. The molecule has 7 heteroatoms. The molecule has 1 aromatic heterocycles. The molecule has 7 nitrogen and oxygen atoms in total. The van der Waals surface area contributed by atoms with Crippen LogP contribution in [0.2, 0.25) is 0 Å². The summed E-state index contributed by atoms with van der Waals surface area (Å²) in [6.07, 6.45) is 2.11. The van der Waals surface area contributed by atoms with Gasteiger partial charge in [0.2, 0.25) is 0 Å². The molecule has 26 heavy (non-hydrogen) atoms. The van der Waals surface area contributed by atoms with Crippen molar-refractivity contribution in [3.8, 4) is 22.8 Å². The topological polar surface area (TPSA) is 70.7 Å². The van der Waals surface area contributed by atoms with Gasteiger partial charge in [0.1, 0.15) is 18.1 Å². The summed E-state index contributed by atoms with van der Waals surface area (Å²) in [5.41, 5.74) is 3.15. The van der Waals surface area contributed by atoms with Crippen LogP contribution in [-0.2, 0) is 6.61 Å². The van der Waals surface area contributed by atoms with E-state index in [1.165, 1.54) is 0 Å². The molecule has 0 aliphatic carbocycles. The second kappa shape index (κ2) is 6.02. The Hall–Kier alpha value is -2.54. The third-order valence-corrected chi connectivity index (χ3v) is 5.82. The lowest BCUT2D eigenvalue weighted by Gasteiger charge is -2.31. The number of rotatable bonds is 2. The Bertz CT molecular complexity index is 854. The zero-order chi connectivity index (χ0) is 17.7. The predicted molar refractivity (Wildman–Crippen MR) is 95.4 cm³/mol. The molecule has 6 rings (SSSR count). The fourth-order valence-electron chi connectivity index (χ4n) is 4.30. The summed E-state index contributed by atoms with van der Waals surface area (Å²) in [6.45, 7) is 4.25. The molecule has 0 spiro atoms. The van der Waals surface area contributed by atoms with Crippen molar-refractivity contribution in [2.75, 3.05) is 33.3 Å². The Kier molecular flexibility index (Phi) is 3.63. The lowest BCUT2D eigenvalue weighted by atomic mass is 10.0. The van der Waals surface area contributed by atoms with Gasteiger partial charge < -0.3 is 19.3 Å². The molecule has 0 saturated carbocycles. The number of aromatic nitrogens is 2. The fraction of sp³-hybridized carbons (Fsp3) is 0.474. The smallest absolute Gasteiger partial charge is 0.275 e. The molecule has 136 valence electrons. The van der Waals surface area contributed by atoms with E-state index in [9.17, 15) is 4.79 Å². The number of hydrogen-bond donors (Lipinski definition) is 1. The first-order valence-electron chi connectivity index (χ1n) is 9.16. The van der Waals surface area contributed by atoms with Crippen molar-refractivity contribution in [3.63, 3.8) is 0 Å². The standard InChI is InChI=1S/C19H22N4O3/c1-25-13-2-3-14-16(10-13)26-11-15-17(14)20-21-18(15)19(24)23-9-8-22-6-4-12(23)5-7-22/h2-3,10,12H,4-9,11H2,1H3,(H,20,21). The molecule has 2 bridgehead atoms. The first-order chi connectivity index (χ1) is 12.7. The van der Waals surface area contributed by atoms with Gasteiger partial charge in [-0.15, -0.1) is 0 Å². The number of fused-ring (bicyclic) bond motifs is 7. The zero-order valence-electron chi connectivity index (χ0n) is 14.8. The monoisotopic (exact) mass is 354 g/mol. The van der Waals surface area contributed by atoms with Gasteiger partial charge in [0.15, 0.2) is 5.69 Å². The average Bonchev–Trinajstić information content (AvgIpc) is 2.90. The number of aromatic amines is 1. The van der Waals surface area contributed by atoms with E-state index in [2.05, 4.69) is 15.1 Å². The molecule has 2 aromatic rings. The van der Waals surface area contributed by atoms with Crippen molar-refractivity contribution in [2.24, 2.45) is 0 Å². The maximum Gasteiger partial charge on any atom is 0.275 e. The number of ether oxygens (including phenoxy) is 2. The van der Waals surface area contributed by atoms with Crippen LogP contribution in [0.5, 0.6) is 11.5 Å². The molecule has 1 aromatic carbocycles. The maximum absolute atomic E-state index is 13.2. The van der Waals surface area contributed by atoms with E-state index in [-0.39, 0.29) is 5.91 Å². The van der Waals surface area contributed by atoms with Crippen molar-refractivity contribution >= 4 is 5.91 Å². The Morgan fingerprint density at radius 3 is 2.92 bits per heavy atom. The van der Waals surface area contributed by atoms with E-state index in [0.717, 1.165) is 67.3 Å². The molecule has 1 N–H and O–H groups in total. The molecule has 0 radical (unpaired) electrons. The molecular formula is C19H22N4O3. The van der Waals surface area contributed by atoms with Crippen LogP contribution in [0.4, 0.5) is 0 Å². The molecule has 1 amide bonds. The third-order valence-electron chi connectivity index (χ3n) is 5.82. The number of piperidine rings is 1. The fourth-order valence-corrected chi connectivity index (χ4v) is 4.30. The summed E-state index contributed by atoms with van der Waals surface area (Å²) in [5, 5.41) is 7.46. The van der Waals surface area contributed by atoms with Crippen LogP contribution in [-0.4, -0.2) is 65.2 Å². The van der Waals surface area contributed by atoms with E-state index >= 15 is 0 Å². The molecule has 0 unspecified atom stereocenters. The summed E-state index contributed by atoms with van der Waals surface area (Å²) in [7, 11) is 1.63.